The summed E-state index contributed by atoms with van der Waals surface area (Å²) in [7, 11) is 0. The molecule has 0 atom stereocenters. The lowest BCUT2D eigenvalue weighted by molar-refractivity contribution is 1.29. The number of rotatable bonds is 7. The van der Waals surface area contributed by atoms with E-state index >= 15 is 0 Å². The highest BCUT2D eigenvalue weighted by Crippen LogP contribution is 2.46. The second-order valence-corrected chi connectivity index (χ2v) is 12.6. The summed E-state index contributed by atoms with van der Waals surface area (Å²) < 4.78 is 0. The smallest absolute Gasteiger partial charge is 0.0546 e. The Kier molecular flexibility index (Phi) is 7.53. The van der Waals surface area contributed by atoms with E-state index in [1.165, 1.54) is 43.4 Å². The van der Waals surface area contributed by atoms with E-state index in [4.69, 9.17) is 0 Å². The van der Waals surface area contributed by atoms with Crippen LogP contribution in [0.3, 0.4) is 0 Å². The van der Waals surface area contributed by atoms with Crippen LogP contribution < -0.4 is 9.80 Å². The zero-order chi connectivity index (χ0) is 33.3. The summed E-state index contributed by atoms with van der Waals surface area (Å²) >= 11 is 0. The molecule has 0 unspecified atom stereocenters. The van der Waals surface area contributed by atoms with Gasteiger partial charge in [0.25, 0.3) is 0 Å². The fourth-order valence-electron chi connectivity index (χ4n) is 7.25. The monoisotopic (exact) mass is 638 g/mol. The molecule has 0 saturated carbocycles. The number of hydrogen-bond donors (Lipinski definition) is 0. The van der Waals surface area contributed by atoms with E-state index in [1.54, 1.807) is 0 Å². The molecule has 0 spiro atoms. The molecule has 0 aliphatic carbocycles. The van der Waals surface area contributed by atoms with Gasteiger partial charge in [-0.3, -0.25) is 0 Å². The standard InChI is InChI=1S/C48H34N2/c1-5-19-40(20-6-1)49(41-21-7-2-8-22-41)46-27-15-18-36-30-28-35-29-31-39(33-45(35)48(36)46)44-32-37-16-13-14-17-38(37)34-47(44)50(42-23-9-3-10-24-42)43-25-11-4-12-26-43/h1-34H. The number of hydrogen-bond acceptors (Lipinski definition) is 2. The summed E-state index contributed by atoms with van der Waals surface area (Å²) in [4.78, 5) is 4.76. The Labute approximate surface area is 292 Å². The Morgan fingerprint density at radius 3 is 1.28 bits per heavy atom. The maximum absolute atomic E-state index is 2.40. The van der Waals surface area contributed by atoms with E-state index in [2.05, 4.69) is 216 Å². The molecule has 0 saturated heterocycles. The average molecular weight is 639 g/mol. The van der Waals surface area contributed by atoms with Crippen molar-refractivity contribution in [1.29, 1.82) is 0 Å². The number of para-hydroxylation sites is 4. The van der Waals surface area contributed by atoms with Crippen LogP contribution in [0.4, 0.5) is 34.1 Å². The molecular formula is C48H34N2. The van der Waals surface area contributed by atoms with Crippen molar-refractivity contribution in [2.24, 2.45) is 0 Å². The lowest BCUT2D eigenvalue weighted by Gasteiger charge is -2.29. The molecule has 0 N–H and O–H groups in total. The van der Waals surface area contributed by atoms with E-state index in [-0.39, 0.29) is 0 Å². The molecule has 0 aromatic heterocycles. The second-order valence-electron chi connectivity index (χ2n) is 12.6. The van der Waals surface area contributed by atoms with E-state index in [0.717, 1.165) is 34.1 Å². The summed E-state index contributed by atoms with van der Waals surface area (Å²) in [5.41, 5.74) is 9.11. The summed E-state index contributed by atoms with van der Waals surface area (Å²) in [5.74, 6) is 0. The largest absolute Gasteiger partial charge is 0.310 e. The first-order valence-corrected chi connectivity index (χ1v) is 17.1. The first-order valence-electron chi connectivity index (χ1n) is 17.1. The number of benzene rings is 9. The molecule has 9 aromatic carbocycles. The molecule has 0 radical (unpaired) electrons. The minimum atomic E-state index is 1.12. The Balaban J connectivity index is 1.32. The zero-order valence-corrected chi connectivity index (χ0v) is 27.5. The molecule has 0 heterocycles. The predicted molar refractivity (Wildman–Crippen MR) is 214 cm³/mol. The summed E-state index contributed by atoms with van der Waals surface area (Å²) in [6.07, 6.45) is 0. The Morgan fingerprint density at radius 2 is 0.720 bits per heavy atom. The van der Waals surface area contributed by atoms with E-state index in [0.29, 0.717) is 0 Å². The highest BCUT2D eigenvalue weighted by molar-refractivity contribution is 6.16. The van der Waals surface area contributed by atoms with Gasteiger partial charge in [0.05, 0.1) is 11.4 Å². The summed E-state index contributed by atoms with van der Waals surface area (Å²) in [5, 5.41) is 7.28. The molecule has 0 aliphatic rings. The van der Waals surface area contributed by atoms with Gasteiger partial charge in [-0.15, -0.1) is 0 Å². The second kappa shape index (κ2) is 12.8. The lowest BCUT2D eigenvalue weighted by Crippen LogP contribution is -2.11. The van der Waals surface area contributed by atoms with Gasteiger partial charge < -0.3 is 9.80 Å². The molecule has 0 aliphatic heterocycles. The minimum Gasteiger partial charge on any atom is -0.310 e. The fraction of sp³-hybridized carbons (Fsp3) is 0. The van der Waals surface area contributed by atoms with Crippen molar-refractivity contribution in [3.05, 3.63) is 206 Å². The van der Waals surface area contributed by atoms with Gasteiger partial charge in [-0.2, -0.15) is 0 Å². The Bertz CT molecular complexity index is 2500. The van der Waals surface area contributed by atoms with Crippen molar-refractivity contribution in [2.45, 2.75) is 0 Å². The molecule has 9 aromatic rings. The van der Waals surface area contributed by atoms with Crippen LogP contribution in [0.2, 0.25) is 0 Å². The van der Waals surface area contributed by atoms with Crippen LogP contribution in [0, 0.1) is 0 Å². The van der Waals surface area contributed by atoms with Gasteiger partial charge in [0.15, 0.2) is 0 Å². The molecule has 9 rings (SSSR count). The van der Waals surface area contributed by atoms with Crippen LogP contribution >= 0.6 is 0 Å². The molecule has 2 heteroatoms. The topological polar surface area (TPSA) is 6.48 Å². The number of nitrogens with zero attached hydrogens (tertiary/aromatic N) is 2. The van der Waals surface area contributed by atoms with Crippen molar-refractivity contribution >= 4 is 66.4 Å². The molecule has 50 heavy (non-hydrogen) atoms. The minimum absolute atomic E-state index is 1.12. The molecule has 0 amide bonds. The molecule has 2 nitrogen and oxygen atoms in total. The quantitative estimate of drug-likeness (QED) is 0.160. The highest BCUT2D eigenvalue weighted by Gasteiger charge is 2.20. The fourth-order valence-corrected chi connectivity index (χ4v) is 7.25. The van der Waals surface area contributed by atoms with Gasteiger partial charge in [0.2, 0.25) is 0 Å². The van der Waals surface area contributed by atoms with Gasteiger partial charge in [-0.25, -0.2) is 0 Å². The predicted octanol–water partition coefficient (Wildman–Crippen LogP) is 13.8. The van der Waals surface area contributed by atoms with Crippen LogP contribution in [0.5, 0.6) is 0 Å². The number of fused-ring (bicyclic) bond motifs is 4. The van der Waals surface area contributed by atoms with E-state index < -0.39 is 0 Å². The Morgan fingerprint density at radius 1 is 0.280 bits per heavy atom. The molecular weight excluding hydrogens is 605 g/mol. The van der Waals surface area contributed by atoms with Crippen molar-refractivity contribution < 1.29 is 0 Å². The number of anilines is 6. The van der Waals surface area contributed by atoms with Gasteiger partial charge in [0.1, 0.15) is 0 Å². The summed E-state index contributed by atoms with van der Waals surface area (Å²) in [6.45, 7) is 0. The van der Waals surface area contributed by atoms with E-state index in [9.17, 15) is 0 Å². The van der Waals surface area contributed by atoms with Crippen LogP contribution in [-0.2, 0) is 0 Å². The van der Waals surface area contributed by atoms with Gasteiger partial charge in [-0.1, -0.05) is 133 Å². The molecule has 0 bridgehead atoms. The van der Waals surface area contributed by atoms with E-state index in [1.807, 2.05) is 0 Å². The van der Waals surface area contributed by atoms with Gasteiger partial charge in [0, 0.05) is 33.7 Å². The van der Waals surface area contributed by atoms with Crippen LogP contribution in [0.15, 0.2) is 206 Å². The first kappa shape index (κ1) is 29.5. The van der Waals surface area contributed by atoms with Crippen LogP contribution in [0.25, 0.3) is 43.4 Å². The maximum Gasteiger partial charge on any atom is 0.0546 e. The van der Waals surface area contributed by atoms with Crippen molar-refractivity contribution in [3.63, 3.8) is 0 Å². The third kappa shape index (κ3) is 5.34. The van der Waals surface area contributed by atoms with Crippen LogP contribution in [0.1, 0.15) is 0 Å². The molecule has 0 fully saturated rings. The Hall–Kier alpha value is -6.64. The van der Waals surface area contributed by atoms with Crippen LogP contribution in [-0.4, -0.2) is 0 Å². The maximum atomic E-state index is 2.40. The first-order chi connectivity index (χ1) is 24.8. The third-order valence-electron chi connectivity index (χ3n) is 9.55. The molecule has 236 valence electrons. The lowest BCUT2D eigenvalue weighted by atomic mass is 9.93. The average Bonchev–Trinajstić information content (AvgIpc) is 3.19. The summed E-state index contributed by atoms with van der Waals surface area (Å²) in [6, 6.07) is 74.2. The van der Waals surface area contributed by atoms with Crippen molar-refractivity contribution in [3.8, 4) is 11.1 Å². The third-order valence-corrected chi connectivity index (χ3v) is 9.55. The van der Waals surface area contributed by atoms with Crippen molar-refractivity contribution in [2.75, 3.05) is 9.80 Å². The zero-order valence-electron chi connectivity index (χ0n) is 27.5. The van der Waals surface area contributed by atoms with Gasteiger partial charge in [-0.05, 0) is 105 Å². The van der Waals surface area contributed by atoms with Crippen molar-refractivity contribution in [1.82, 2.24) is 0 Å². The SMILES string of the molecule is c1ccc(N(c2ccccc2)c2cc3ccccc3cc2-c2ccc3ccc4cccc(N(c5ccccc5)c5ccccc5)c4c3c2)cc1. The normalized spacial score (nSPS) is 11.2. The van der Waals surface area contributed by atoms with Gasteiger partial charge >= 0.3 is 0 Å². The highest BCUT2D eigenvalue weighted by atomic mass is 15.1.